The largest absolute Gasteiger partial charge is 0.392 e. The summed E-state index contributed by atoms with van der Waals surface area (Å²) >= 11 is 0. The number of benzene rings is 1. The third kappa shape index (κ3) is 9.97. The van der Waals surface area contributed by atoms with Crippen LogP contribution in [0.4, 0.5) is 5.69 Å². The minimum Gasteiger partial charge on any atom is -0.392 e. The lowest BCUT2D eigenvalue weighted by molar-refractivity contribution is -0.131. The third-order valence-corrected chi connectivity index (χ3v) is 4.65. The number of aliphatic hydroxyl groups is 1. The number of hydrogen-bond acceptors (Lipinski definition) is 5. The summed E-state index contributed by atoms with van der Waals surface area (Å²) in [5.41, 5.74) is 9.51. The molecule has 2 unspecified atom stereocenters. The maximum Gasteiger partial charge on any atom is 0.246 e. The van der Waals surface area contributed by atoms with Crippen molar-refractivity contribution in [2.45, 2.75) is 65.1 Å². The molecule has 3 amide bonds. The van der Waals surface area contributed by atoms with Crippen molar-refractivity contribution < 1.29 is 19.5 Å². The fourth-order valence-corrected chi connectivity index (χ4v) is 2.78. The molecule has 0 fully saturated rings. The SMILES string of the molecule is CC(NC(=O)C(NC(=O)CCCCCN=[N+]=[N-])C(C)C)C(=O)Nc1ccc(CO)cc1. The molecule has 0 aliphatic carbocycles. The third-order valence-electron chi connectivity index (χ3n) is 4.65. The standard InChI is InChI=1S/C21H32N6O4/c1-14(2)19(26-18(29)7-5-4-6-12-23-27-22)21(31)24-15(3)20(30)25-17-10-8-16(13-28)9-11-17/h8-11,14-15,19,28H,4-7,12-13H2,1-3H3,(H,24,31)(H,25,30)(H,26,29). The fourth-order valence-electron chi connectivity index (χ4n) is 2.78. The molecule has 0 saturated heterocycles. The number of aliphatic hydroxyl groups excluding tert-OH is 1. The normalized spacial score (nSPS) is 12.4. The predicted molar refractivity (Wildman–Crippen MR) is 118 cm³/mol. The van der Waals surface area contributed by atoms with Crippen LogP contribution in [0.2, 0.25) is 0 Å². The van der Waals surface area contributed by atoms with Crippen LogP contribution in [0.5, 0.6) is 0 Å². The van der Waals surface area contributed by atoms with Crippen molar-refractivity contribution in [1.29, 1.82) is 0 Å². The van der Waals surface area contributed by atoms with E-state index in [1.807, 2.05) is 13.8 Å². The number of hydrogen-bond donors (Lipinski definition) is 4. The monoisotopic (exact) mass is 432 g/mol. The summed E-state index contributed by atoms with van der Waals surface area (Å²) in [6, 6.07) is 5.17. The van der Waals surface area contributed by atoms with Gasteiger partial charge in [-0.15, -0.1) is 0 Å². The van der Waals surface area contributed by atoms with Gasteiger partial charge in [-0.1, -0.05) is 37.5 Å². The quantitative estimate of drug-likeness (QED) is 0.163. The van der Waals surface area contributed by atoms with Gasteiger partial charge in [0.2, 0.25) is 17.7 Å². The van der Waals surface area contributed by atoms with Gasteiger partial charge in [0.1, 0.15) is 12.1 Å². The maximum absolute atomic E-state index is 12.6. The van der Waals surface area contributed by atoms with Gasteiger partial charge in [-0.05, 0) is 48.9 Å². The molecule has 1 aromatic rings. The van der Waals surface area contributed by atoms with Crippen LogP contribution in [0.15, 0.2) is 29.4 Å². The highest BCUT2D eigenvalue weighted by molar-refractivity contribution is 5.98. The zero-order valence-electron chi connectivity index (χ0n) is 18.3. The molecule has 170 valence electrons. The Labute approximate surface area is 182 Å². The molecule has 0 aliphatic rings. The molecular formula is C21H32N6O4. The highest BCUT2D eigenvalue weighted by atomic mass is 16.3. The summed E-state index contributed by atoms with van der Waals surface area (Å²) in [5, 5.41) is 20.6. The average Bonchev–Trinajstić information content (AvgIpc) is 2.74. The van der Waals surface area contributed by atoms with Crippen molar-refractivity contribution in [3.63, 3.8) is 0 Å². The smallest absolute Gasteiger partial charge is 0.246 e. The molecule has 0 saturated carbocycles. The number of nitrogens with zero attached hydrogens (tertiary/aromatic N) is 3. The summed E-state index contributed by atoms with van der Waals surface area (Å²) in [4.78, 5) is 39.9. The zero-order valence-corrected chi connectivity index (χ0v) is 18.3. The zero-order chi connectivity index (χ0) is 23.2. The Kier molecular flexibility index (Phi) is 11.7. The molecule has 0 bridgehead atoms. The second-order valence-corrected chi connectivity index (χ2v) is 7.63. The van der Waals surface area contributed by atoms with Crippen LogP contribution in [-0.2, 0) is 21.0 Å². The minimum atomic E-state index is -0.802. The Morgan fingerprint density at radius 2 is 1.71 bits per heavy atom. The molecule has 4 N–H and O–H groups in total. The van der Waals surface area contributed by atoms with E-state index in [2.05, 4.69) is 26.0 Å². The van der Waals surface area contributed by atoms with Gasteiger partial charge in [-0.3, -0.25) is 14.4 Å². The van der Waals surface area contributed by atoms with E-state index < -0.39 is 18.0 Å². The number of amides is 3. The molecule has 31 heavy (non-hydrogen) atoms. The van der Waals surface area contributed by atoms with E-state index in [9.17, 15) is 14.4 Å². The molecule has 0 heterocycles. The molecule has 10 heteroatoms. The van der Waals surface area contributed by atoms with Gasteiger partial charge in [0.15, 0.2) is 0 Å². The van der Waals surface area contributed by atoms with Crippen LogP contribution < -0.4 is 16.0 Å². The Bertz CT molecular complexity index is 775. The molecular weight excluding hydrogens is 400 g/mol. The van der Waals surface area contributed by atoms with Gasteiger partial charge in [0, 0.05) is 23.6 Å². The van der Waals surface area contributed by atoms with E-state index >= 15 is 0 Å². The Balaban J connectivity index is 2.52. The van der Waals surface area contributed by atoms with Crippen molar-refractivity contribution in [3.05, 3.63) is 40.3 Å². The van der Waals surface area contributed by atoms with E-state index in [1.165, 1.54) is 0 Å². The van der Waals surface area contributed by atoms with E-state index in [1.54, 1.807) is 31.2 Å². The van der Waals surface area contributed by atoms with E-state index in [0.29, 0.717) is 25.1 Å². The van der Waals surface area contributed by atoms with Crippen LogP contribution in [0.1, 0.15) is 52.0 Å². The van der Waals surface area contributed by atoms with Crippen molar-refractivity contribution in [1.82, 2.24) is 10.6 Å². The maximum atomic E-state index is 12.6. The lowest BCUT2D eigenvalue weighted by Crippen LogP contribution is -2.53. The molecule has 0 spiro atoms. The first kappa shape index (κ1) is 25.9. The summed E-state index contributed by atoms with van der Waals surface area (Å²) in [5.74, 6) is -1.21. The first-order valence-electron chi connectivity index (χ1n) is 10.4. The molecule has 2 atom stereocenters. The van der Waals surface area contributed by atoms with E-state index in [-0.39, 0.29) is 30.8 Å². The number of carbonyl (C=O) groups is 3. The molecule has 10 nitrogen and oxygen atoms in total. The van der Waals surface area contributed by atoms with Crippen LogP contribution in [0.3, 0.4) is 0 Å². The first-order chi connectivity index (χ1) is 14.8. The highest BCUT2D eigenvalue weighted by Gasteiger charge is 2.26. The molecule has 0 aromatic heterocycles. The van der Waals surface area contributed by atoms with Crippen molar-refractivity contribution in [2.24, 2.45) is 11.0 Å². The molecule has 0 aliphatic heterocycles. The number of unbranched alkanes of at least 4 members (excludes halogenated alkanes) is 2. The molecule has 0 radical (unpaired) electrons. The highest BCUT2D eigenvalue weighted by Crippen LogP contribution is 2.10. The van der Waals surface area contributed by atoms with E-state index in [4.69, 9.17) is 10.6 Å². The topological polar surface area (TPSA) is 156 Å². The summed E-state index contributed by atoms with van der Waals surface area (Å²) in [6.45, 7) is 5.52. The van der Waals surface area contributed by atoms with Crippen LogP contribution in [0.25, 0.3) is 10.4 Å². The number of rotatable bonds is 13. The second-order valence-electron chi connectivity index (χ2n) is 7.63. The first-order valence-corrected chi connectivity index (χ1v) is 10.4. The predicted octanol–water partition coefficient (Wildman–Crippen LogP) is 2.63. The van der Waals surface area contributed by atoms with Crippen molar-refractivity contribution in [2.75, 3.05) is 11.9 Å². The average molecular weight is 433 g/mol. The Morgan fingerprint density at radius 3 is 2.29 bits per heavy atom. The van der Waals surface area contributed by atoms with Gasteiger partial charge in [-0.25, -0.2) is 0 Å². The second kappa shape index (κ2) is 14.0. The van der Waals surface area contributed by atoms with Crippen molar-refractivity contribution in [3.8, 4) is 0 Å². The van der Waals surface area contributed by atoms with Gasteiger partial charge in [0.05, 0.1) is 6.61 Å². The Hall–Kier alpha value is -3.10. The lowest BCUT2D eigenvalue weighted by Gasteiger charge is -2.24. The molecule has 1 rings (SSSR count). The number of anilines is 1. The number of nitrogens with one attached hydrogen (secondary N) is 3. The summed E-state index contributed by atoms with van der Waals surface area (Å²) in [7, 11) is 0. The number of carbonyl (C=O) groups excluding carboxylic acids is 3. The van der Waals surface area contributed by atoms with E-state index in [0.717, 1.165) is 12.0 Å². The van der Waals surface area contributed by atoms with Gasteiger partial charge >= 0.3 is 0 Å². The van der Waals surface area contributed by atoms with Crippen LogP contribution in [-0.4, -0.2) is 41.5 Å². The van der Waals surface area contributed by atoms with Gasteiger partial charge in [-0.2, -0.15) is 0 Å². The lowest BCUT2D eigenvalue weighted by atomic mass is 10.0. The van der Waals surface area contributed by atoms with Gasteiger partial charge in [0.25, 0.3) is 0 Å². The minimum absolute atomic E-state index is 0.0846. The van der Waals surface area contributed by atoms with Crippen molar-refractivity contribution >= 4 is 23.4 Å². The Morgan fingerprint density at radius 1 is 1.03 bits per heavy atom. The van der Waals surface area contributed by atoms with Crippen LogP contribution >= 0.6 is 0 Å². The fraction of sp³-hybridized carbons (Fsp3) is 0.571. The van der Waals surface area contributed by atoms with Crippen LogP contribution in [0, 0.1) is 5.92 Å². The molecule has 1 aromatic carbocycles. The number of azide groups is 1. The summed E-state index contributed by atoms with van der Waals surface area (Å²) < 4.78 is 0. The summed E-state index contributed by atoms with van der Waals surface area (Å²) in [6.07, 6.45) is 2.36. The van der Waals surface area contributed by atoms with Gasteiger partial charge < -0.3 is 21.1 Å².